The first-order valence-corrected chi connectivity index (χ1v) is 14.6. The van der Waals surface area contributed by atoms with Crippen molar-refractivity contribution < 1.29 is 23.8 Å². The number of hydrogen-bond acceptors (Lipinski definition) is 9. The number of para-hydroxylation sites is 2. The van der Waals surface area contributed by atoms with Crippen LogP contribution in [0, 0.1) is 0 Å². The van der Waals surface area contributed by atoms with E-state index in [9.17, 15) is 10.2 Å². The highest BCUT2D eigenvalue weighted by Gasteiger charge is 2.19. The third kappa shape index (κ3) is 4.97. The van der Waals surface area contributed by atoms with Gasteiger partial charge in [-0.15, -0.1) is 20.4 Å². The highest BCUT2D eigenvalue weighted by molar-refractivity contribution is 6.07. The largest absolute Gasteiger partial charge is 0.508 e. The molecule has 0 saturated carbocycles. The zero-order chi connectivity index (χ0) is 31.0. The Hall–Kier alpha value is -6.42. The molecule has 0 spiro atoms. The number of ether oxygens (including phenoxy) is 1. The van der Waals surface area contributed by atoms with Crippen LogP contribution in [-0.4, -0.2) is 41.8 Å². The molecule has 0 unspecified atom stereocenters. The molecule has 0 amide bonds. The summed E-state index contributed by atoms with van der Waals surface area (Å²) in [5, 5.41) is 38.7. The van der Waals surface area contributed by atoms with Gasteiger partial charge in [0.2, 0.25) is 17.7 Å². The Morgan fingerprint density at radius 3 is 1.61 bits per heavy atom. The van der Waals surface area contributed by atoms with E-state index in [0.29, 0.717) is 58.8 Å². The van der Waals surface area contributed by atoms with E-state index >= 15 is 0 Å². The number of hydrogen-bond donors (Lipinski definition) is 2. The molecule has 0 aliphatic rings. The van der Waals surface area contributed by atoms with E-state index in [0.717, 1.165) is 11.0 Å². The molecule has 8 rings (SSSR count). The maximum absolute atomic E-state index is 9.68. The summed E-state index contributed by atoms with van der Waals surface area (Å²) in [4.78, 5) is 0. The van der Waals surface area contributed by atoms with E-state index in [2.05, 4.69) is 61.4 Å². The molecule has 8 aromatic rings. The van der Waals surface area contributed by atoms with Gasteiger partial charge in [0.25, 0.3) is 5.89 Å². The Bertz CT molecular complexity index is 2270. The Balaban J connectivity index is 1.14. The first kappa shape index (κ1) is 27.2. The van der Waals surface area contributed by atoms with E-state index in [1.807, 2.05) is 30.3 Å². The maximum Gasteiger partial charge on any atom is 0.251 e. The Morgan fingerprint density at radius 1 is 0.543 bits per heavy atom. The van der Waals surface area contributed by atoms with Crippen LogP contribution < -0.4 is 4.74 Å². The summed E-state index contributed by atoms with van der Waals surface area (Å²) in [6.07, 6.45) is 0. The van der Waals surface area contributed by atoms with Crippen molar-refractivity contribution in [2.24, 2.45) is 0 Å². The predicted molar refractivity (Wildman–Crippen MR) is 172 cm³/mol. The second-order valence-electron chi connectivity index (χ2n) is 10.7. The molecule has 10 nitrogen and oxygen atoms in total. The minimum atomic E-state index is 0.146. The molecule has 224 valence electrons. The van der Waals surface area contributed by atoms with Crippen LogP contribution in [0.1, 0.15) is 0 Å². The van der Waals surface area contributed by atoms with Crippen LogP contribution in [0.3, 0.4) is 0 Å². The molecule has 0 aliphatic heterocycles. The number of phenols is 2. The van der Waals surface area contributed by atoms with Crippen LogP contribution in [0.4, 0.5) is 0 Å². The molecule has 3 aromatic heterocycles. The molecule has 0 radical (unpaired) electrons. The Labute approximate surface area is 261 Å². The van der Waals surface area contributed by atoms with Gasteiger partial charge in [-0.2, -0.15) is 0 Å². The lowest BCUT2D eigenvalue weighted by molar-refractivity contribution is 0.302. The molecule has 10 heteroatoms. The lowest BCUT2D eigenvalue weighted by atomic mass is 10.1. The van der Waals surface area contributed by atoms with E-state index in [4.69, 9.17) is 13.6 Å². The third-order valence-corrected chi connectivity index (χ3v) is 7.79. The topological polar surface area (TPSA) is 132 Å². The van der Waals surface area contributed by atoms with Gasteiger partial charge < -0.3 is 28.4 Å². The van der Waals surface area contributed by atoms with Crippen LogP contribution >= 0.6 is 0 Å². The summed E-state index contributed by atoms with van der Waals surface area (Å²) in [7, 11) is 0. The molecular weight excluding hydrogens is 582 g/mol. The summed E-state index contributed by atoms with van der Waals surface area (Å²) in [6.45, 7) is 0.937. The summed E-state index contributed by atoms with van der Waals surface area (Å²) in [5.74, 6) is 2.01. The minimum absolute atomic E-state index is 0.146. The highest BCUT2D eigenvalue weighted by Crippen LogP contribution is 2.36. The van der Waals surface area contributed by atoms with Gasteiger partial charge in [-0.05, 0) is 78.9 Å². The zero-order valence-electron chi connectivity index (χ0n) is 24.2. The highest BCUT2D eigenvalue weighted by atomic mass is 16.5. The molecule has 46 heavy (non-hydrogen) atoms. The number of fused-ring (bicyclic) bond motifs is 3. The van der Waals surface area contributed by atoms with Gasteiger partial charge in [-0.1, -0.05) is 36.4 Å². The van der Waals surface area contributed by atoms with Gasteiger partial charge >= 0.3 is 0 Å². The number of rotatable bonds is 8. The standard InChI is InChI=1S/C36H25N5O5/c42-25-14-9-22(10-15-25)33-37-39-35(45-33)24-13-18-29(36-40-38-34(46-36)23-11-16-26(43)17-12-23)32(21-24)44-20-19-41-30-7-3-1-5-27(30)28-6-2-4-8-31(28)41/h1-18,21,42-43H,19-20H2. The number of benzene rings is 5. The van der Waals surface area contributed by atoms with E-state index in [1.165, 1.54) is 10.8 Å². The lowest BCUT2D eigenvalue weighted by Gasteiger charge is -2.12. The average molecular weight is 608 g/mol. The van der Waals surface area contributed by atoms with Crippen LogP contribution in [0.2, 0.25) is 0 Å². The van der Waals surface area contributed by atoms with Crippen LogP contribution in [-0.2, 0) is 6.54 Å². The SMILES string of the molecule is Oc1ccc(-c2nnc(-c3ccc(-c4nnc(-c5ccc(O)cc5)o4)c(OCCn4c5ccccc5c5ccccc54)c3)o2)cc1. The van der Waals surface area contributed by atoms with Gasteiger partial charge in [0.1, 0.15) is 23.9 Å². The van der Waals surface area contributed by atoms with Crippen LogP contribution in [0.25, 0.3) is 67.6 Å². The summed E-state index contributed by atoms with van der Waals surface area (Å²) in [5.41, 5.74) is 4.86. The van der Waals surface area contributed by atoms with E-state index in [-0.39, 0.29) is 17.4 Å². The monoisotopic (exact) mass is 607 g/mol. The second-order valence-corrected chi connectivity index (χ2v) is 10.7. The average Bonchev–Trinajstić information content (AvgIpc) is 3.85. The molecular formula is C36H25N5O5. The third-order valence-electron chi connectivity index (χ3n) is 7.79. The predicted octanol–water partition coefficient (Wildman–Crippen LogP) is 7.72. The summed E-state index contributed by atoms with van der Waals surface area (Å²) >= 11 is 0. The fraction of sp³-hybridized carbons (Fsp3) is 0.0556. The van der Waals surface area contributed by atoms with Crippen LogP contribution in [0.5, 0.6) is 17.2 Å². The molecule has 0 saturated heterocycles. The quantitative estimate of drug-likeness (QED) is 0.178. The van der Waals surface area contributed by atoms with Crippen molar-refractivity contribution in [1.82, 2.24) is 25.0 Å². The van der Waals surface area contributed by atoms with Crippen molar-refractivity contribution in [2.45, 2.75) is 6.54 Å². The number of aromatic nitrogens is 5. The van der Waals surface area contributed by atoms with Gasteiger partial charge in [0.15, 0.2) is 0 Å². The fourth-order valence-corrected chi connectivity index (χ4v) is 5.56. The van der Waals surface area contributed by atoms with Gasteiger partial charge in [-0.25, -0.2) is 0 Å². The normalized spacial score (nSPS) is 11.4. The van der Waals surface area contributed by atoms with Crippen molar-refractivity contribution in [3.05, 3.63) is 115 Å². The van der Waals surface area contributed by atoms with Crippen molar-refractivity contribution in [3.8, 4) is 63.1 Å². The van der Waals surface area contributed by atoms with Crippen LogP contribution in [0.15, 0.2) is 124 Å². The molecule has 0 atom stereocenters. The first-order chi connectivity index (χ1) is 22.6. The summed E-state index contributed by atoms with van der Waals surface area (Å²) < 4.78 is 20.8. The lowest BCUT2D eigenvalue weighted by Crippen LogP contribution is -2.08. The van der Waals surface area contributed by atoms with Crippen molar-refractivity contribution >= 4 is 21.8 Å². The molecule has 0 bridgehead atoms. The van der Waals surface area contributed by atoms with Crippen molar-refractivity contribution in [2.75, 3.05) is 6.61 Å². The molecule has 0 aliphatic carbocycles. The van der Waals surface area contributed by atoms with E-state index in [1.54, 1.807) is 48.5 Å². The zero-order valence-corrected chi connectivity index (χ0v) is 24.2. The Kier molecular flexibility index (Phi) is 6.64. The number of phenolic OH excluding ortho intramolecular Hbond substituents is 2. The van der Waals surface area contributed by atoms with Gasteiger partial charge in [0, 0.05) is 38.5 Å². The smallest absolute Gasteiger partial charge is 0.251 e. The minimum Gasteiger partial charge on any atom is -0.508 e. The second kappa shape index (κ2) is 11.3. The first-order valence-electron chi connectivity index (χ1n) is 14.6. The van der Waals surface area contributed by atoms with Gasteiger partial charge in [-0.3, -0.25) is 0 Å². The van der Waals surface area contributed by atoms with Crippen molar-refractivity contribution in [3.63, 3.8) is 0 Å². The molecule has 5 aromatic carbocycles. The number of nitrogens with zero attached hydrogens (tertiary/aromatic N) is 5. The molecule has 0 fully saturated rings. The van der Waals surface area contributed by atoms with E-state index < -0.39 is 0 Å². The van der Waals surface area contributed by atoms with Crippen molar-refractivity contribution in [1.29, 1.82) is 0 Å². The summed E-state index contributed by atoms with van der Waals surface area (Å²) in [6, 6.07) is 35.2. The number of aromatic hydroxyl groups is 2. The van der Waals surface area contributed by atoms with Gasteiger partial charge in [0.05, 0.1) is 12.1 Å². The fourth-order valence-electron chi connectivity index (χ4n) is 5.56. The maximum atomic E-state index is 9.68. The molecule has 3 heterocycles. The molecule has 2 N–H and O–H groups in total. The Morgan fingerprint density at radius 2 is 1.02 bits per heavy atom.